The molecule has 3 heteroatoms. The molecule has 0 bridgehead atoms. The molecule has 2 rings (SSSR count). The molecule has 0 radical (unpaired) electrons. The Morgan fingerprint density at radius 1 is 1.43 bits per heavy atom. The molecule has 1 heterocycles. The fourth-order valence-electron chi connectivity index (χ4n) is 1.84. The van der Waals surface area contributed by atoms with E-state index in [0.717, 1.165) is 21.5 Å². The lowest BCUT2D eigenvalue weighted by Gasteiger charge is -2.01. The van der Waals surface area contributed by atoms with E-state index in [1.54, 1.807) is 0 Å². The van der Waals surface area contributed by atoms with Crippen LogP contribution < -0.4 is 5.73 Å². The molecular formula is C11H13ClN2. The molecule has 2 N–H and O–H groups in total. The number of nitrogens with zero attached hydrogens (tertiary/aromatic N) is 1. The first kappa shape index (κ1) is 9.56. The highest BCUT2D eigenvalue weighted by atomic mass is 35.5. The molecule has 0 fully saturated rings. The van der Waals surface area contributed by atoms with Gasteiger partial charge in [0.1, 0.15) is 0 Å². The van der Waals surface area contributed by atoms with Gasteiger partial charge in [-0.2, -0.15) is 0 Å². The minimum Gasteiger partial charge on any atom is -0.350 e. The van der Waals surface area contributed by atoms with Crippen molar-refractivity contribution in [2.24, 2.45) is 12.8 Å². The van der Waals surface area contributed by atoms with Crippen molar-refractivity contribution in [3.05, 3.63) is 34.5 Å². The third-order valence-electron chi connectivity index (χ3n) is 2.48. The molecule has 0 saturated heterocycles. The van der Waals surface area contributed by atoms with Crippen LogP contribution in [0.25, 0.3) is 10.9 Å². The van der Waals surface area contributed by atoms with Crippen LogP contribution in [0.3, 0.4) is 0 Å². The van der Waals surface area contributed by atoms with Crippen molar-refractivity contribution in [1.82, 2.24) is 4.57 Å². The summed E-state index contributed by atoms with van der Waals surface area (Å²) in [5.41, 5.74) is 9.09. The molecule has 0 saturated carbocycles. The number of aryl methyl sites for hydroxylation is 2. The summed E-state index contributed by atoms with van der Waals surface area (Å²) in [4.78, 5) is 0. The van der Waals surface area contributed by atoms with Gasteiger partial charge in [-0.1, -0.05) is 11.6 Å². The van der Waals surface area contributed by atoms with Crippen molar-refractivity contribution in [2.75, 3.05) is 0 Å². The Kier molecular flexibility index (Phi) is 2.25. The monoisotopic (exact) mass is 208 g/mol. The summed E-state index contributed by atoms with van der Waals surface area (Å²) in [6.45, 7) is 2.57. The SMILES string of the molecule is Cc1cc(Cl)c2c(CN)cn(C)c2c1. The summed E-state index contributed by atoms with van der Waals surface area (Å²) in [5.74, 6) is 0. The Labute approximate surface area is 88.3 Å². The van der Waals surface area contributed by atoms with Crippen LogP contribution in [0.15, 0.2) is 18.3 Å². The number of nitrogens with two attached hydrogens (primary N) is 1. The third kappa shape index (κ3) is 1.31. The van der Waals surface area contributed by atoms with Crippen molar-refractivity contribution in [3.8, 4) is 0 Å². The van der Waals surface area contributed by atoms with Gasteiger partial charge in [0.2, 0.25) is 0 Å². The molecule has 2 aromatic rings. The number of aromatic nitrogens is 1. The summed E-state index contributed by atoms with van der Waals surface area (Å²) in [5, 5.41) is 1.88. The molecule has 0 aliphatic rings. The topological polar surface area (TPSA) is 30.9 Å². The third-order valence-corrected chi connectivity index (χ3v) is 2.78. The number of hydrogen-bond donors (Lipinski definition) is 1. The molecule has 74 valence electrons. The van der Waals surface area contributed by atoms with Crippen LogP contribution >= 0.6 is 11.6 Å². The van der Waals surface area contributed by atoms with E-state index >= 15 is 0 Å². The maximum Gasteiger partial charge on any atom is 0.0505 e. The number of fused-ring (bicyclic) bond motifs is 1. The summed E-state index contributed by atoms with van der Waals surface area (Å²) >= 11 is 6.19. The van der Waals surface area contributed by atoms with Crippen molar-refractivity contribution in [3.63, 3.8) is 0 Å². The van der Waals surface area contributed by atoms with E-state index in [9.17, 15) is 0 Å². The number of rotatable bonds is 1. The van der Waals surface area contributed by atoms with E-state index in [4.69, 9.17) is 17.3 Å². The normalized spacial score (nSPS) is 11.1. The zero-order valence-corrected chi connectivity index (χ0v) is 9.10. The van der Waals surface area contributed by atoms with Crippen molar-refractivity contribution in [2.45, 2.75) is 13.5 Å². The first-order valence-corrected chi connectivity index (χ1v) is 4.95. The molecule has 1 aromatic carbocycles. The van der Waals surface area contributed by atoms with Crippen LogP contribution in [0.1, 0.15) is 11.1 Å². The standard InChI is InChI=1S/C11H13ClN2/c1-7-3-9(12)11-8(5-13)6-14(2)10(11)4-7/h3-4,6H,5,13H2,1-2H3. The average molecular weight is 209 g/mol. The van der Waals surface area contributed by atoms with Gasteiger partial charge < -0.3 is 10.3 Å². The van der Waals surface area contributed by atoms with Gasteiger partial charge in [-0.3, -0.25) is 0 Å². The summed E-state index contributed by atoms with van der Waals surface area (Å²) in [6, 6.07) is 4.10. The largest absolute Gasteiger partial charge is 0.350 e. The van der Waals surface area contributed by atoms with Crippen LogP contribution in [0.2, 0.25) is 5.02 Å². The molecule has 2 nitrogen and oxygen atoms in total. The van der Waals surface area contributed by atoms with Gasteiger partial charge >= 0.3 is 0 Å². The minimum absolute atomic E-state index is 0.528. The Bertz CT molecular complexity index is 485. The van der Waals surface area contributed by atoms with Gasteiger partial charge in [-0.15, -0.1) is 0 Å². The highest BCUT2D eigenvalue weighted by molar-refractivity contribution is 6.35. The second-order valence-electron chi connectivity index (χ2n) is 3.61. The van der Waals surface area contributed by atoms with Gasteiger partial charge in [0, 0.05) is 30.7 Å². The zero-order chi connectivity index (χ0) is 10.3. The van der Waals surface area contributed by atoms with E-state index in [2.05, 4.69) is 10.6 Å². The summed E-state index contributed by atoms with van der Waals surface area (Å²) in [6.07, 6.45) is 2.04. The fraction of sp³-hybridized carbons (Fsp3) is 0.273. The Hall–Kier alpha value is -0.990. The number of hydrogen-bond acceptors (Lipinski definition) is 1. The van der Waals surface area contributed by atoms with E-state index < -0.39 is 0 Å². The van der Waals surface area contributed by atoms with Crippen LogP contribution in [0, 0.1) is 6.92 Å². The molecule has 0 atom stereocenters. The van der Waals surface area contributed by atoms with Crippen LogP contribution in [-0.4, -0.2) is 4.57 Å². The first-order valence-electron chi connectivity index (χ1n) is 4.57. The smallest absolute Gasteiger partial charge is 0.0505 e. The molecule has 1 aromatic heterocycles. The van der Waals surface area contributed by atoms with E-state index in [-0.39, 0.29) is 0 Å². The maximum atomic E-state index is 6.19. The molecule has 0 amide bonds. The van der Waals surface area contributed by atoms with Gasteiger partial charge in [0.05, 0.1) is 5.02 Å². The van der Waals surface area contributed by atoms with Crippen molar-refractivity contribution in [1.29, 1.82) is 0 Å². The second-order valence-corrected chi connectivity index (χ2v) is 4.02. The van der Waals surface area contributed by atoms with Gasteiger partial charge in [-0.05, 0) is 30.2 Å². The summed E-state index contributed by atoms with van der Waals surface area (Å²) in [7, 11) is 2.01. The summed E-state index contributed by atoms with van der Waals surface area (Å²) < 4.78 is 2.07. The Morgan fingerprint density at radius 2 is 2.14 bits per heavy atom. The molecule has 0 aliphatic heterocycles. The molecule has 0 aliphatic carbocycles. The predicted molar refractivity (Wildman–Crippen MR) is 60.6 cm³/mol. The molecule has 14 heavy (non-hydrogen) atoms. The van der Waals surface area contributed by atoms with E-state index in [1.165, 1.54) is 5.56 Å². The highest BCUT2D eigenvalue weighted by Crippen LogP contribution is 2.29. The molecular weight excluding hydrogens is 196 g/mol. The lowest BCUT2D eigenvalue weighted by Crippen LogP contribution is -1.94. The van der Waals surface area contributed by atoms with Gasteiger partial charge in [0.25, 0.3) is 0 Å². The predicted octanol–water partition coefficient (Wildman–Crippen LogP) is 2.60. The van der Waals surface area contributed by atoms with Crippen molar-refractivity contribution < 1.29 is 0 Å². The number of halogens is 1. The van der Waals surface area contributed by atoms with E-state index in [0.29, 0.717) is 6.54 Å². The lowest BCUT2D eigenvalue weighted by atomic mass is 10.1. The average Bonchev–Trinajstić information content (AvgIpc) is 2.43. The first-order chi connectivity index (χ1) is 6.63. The van der Waals surface area contributed by atoms with Crippen LogP contribution in [0.4, 0.5) is 0 Å². The molecule has 0 spiro atoms. The Morgan fingerprint density at radius 3 is 2.79 bits per heavy atom. The van der Waals surface area contributed by atoms with E-state index in [1.807, 2.05) is 26.2 Å². The quantitative estimate of drug-likeness (QED) is 0.768. The van der Waals surface area contributed by atoms with Gasteiger partial charge in [-0.25, -0.2) is 0 Å². The van der Waals surface area contributed by atoms with Crippen LogP contribution in [-0.2, 0) is 13.6 Å². The lowest BCUT2D eigenvalue weighted by molar-refractivity contribution is 0.948. The minimum atomic E-state index is 0.528. The van der Waals surface area contributed by atoms with Crippen LogP contribution in [0.5, 0.6) is 0 Å². The zero-order valence-electron chi connectivity index (χ0n) is 8.34. The van der Waals surface area contributed by atoms with Gasteiger partial charge in [0.15, 0.2) is 0 Å². The second kappa shape index (κ2) is 3.30. The molecule has 0 unspecified atom stereocenters. The van der Waals surface area contributed by atoms with Crippen molar-refractivity contribution >= 4 is 22.5 Å². The Balaban J connectivity index is 2.89. The highest BCUT2D eigenvalue weighted by Gasteiger charge is 2.09. The maximum absolute atomic E-state index is 6.19. The number of benzene rings is 1. The fourth-order valence-corrected chi connectivity index (χ4v) is 2.23.